The molecule has 7 rings (SSSR count). The number of aromatic nitrogens is 4. The largest absolute Gasteiger partial charge is 0.508 e. The van der Waals surface area contributed by atoms with Gasteiger partial charge in [-0.3, -0.25) is 9.59 Å². The second kappa shape index (κ2) is 15.7. The fourth-order valence-electron chi connectivity index (χ4n) is 5.95. The molecule has 0 saturated carbocycles. The van der Waals surface area contributed by atoms with E-state index in [1.807, 2.05) is 54.6 Å². The zero-order valence-corrected chi connectivity index (χ0v) is 28.5. The number of rotatable bonds is 11. The topological polar surface area (TPSA) is 178 Å². The maximum Gasteiger partial charge on any atom is 0.408 e. The van der Waals surface area contributed by atoms with Crippen LogP contribution < -0.4 is 10.2 Å². The average molecular weight is 723 g/mol. The van der Waals surface area contributed by atoms with Crippen molar-refractivity contribution >= 4 is 35.4 Å². The van der Waals surface area contributed by atoms with Gasteiger partial charge in [-0.25, -0.2) is 9.69 Å². The van der Waals surface area contributed by atoms with Gasteiger partial charge in [-0.05, 0) is 63.5 Å². The Morgan fingerprint density at radius 2 is 1.69 bits per heavy atom. The summed E-state index contributed by atoms with van der Waals surface area (Å²) < 4.78 is 19.8. The quantitative estimate of drug-likeness (QED) is 0.126. The second-order valence-corrected chi connectivity index (χ2v) is 13.2. The van der Waals surface area contributed by atoms with Gasteiger partial charge in [0.15, 0.2) is 6.29 Å². The summed E-state index contributed by atoms with van der Waals surface area (Å²) in [6, 6.07) is 28.9. The van der Waals surface area contributed by atoms with Gasteiger partial charge in [-0.15, -0.1) is 5.10 Å². The van der Waals surface area contributed by atoms with E-state index in [0.29, 0.717) is 34.3 Å². The standard InChI is InChI=1S/C37H34N6O8S/c44-20-23-9-11-25(12-10-23)32-18-30(22-52-36-39-40-41-43(36)27-13-15-29(45)16-14-27)50-35(51-32)26-7-4-8-28(17-26)42-33(46)19-31(34(42)47)38-37(48)49-21-24-5-2-1-3-6-24/h1-17,30-32,35,44-45H,18-22H2,(H,38,48). The third kappa shape index (κ3) is 7.97. The van der Waals surface area contributed by atoms with E-state index in [-0.39, 0.29) is 37.6 Å². The van der Waals surface area contributed by atoms with Crippen LogP contribution in [0.4, 0.5) is 10.5 Å². The number of phenols is 1. The van der Waals surface area contributed by atoms with Crippen LogP contribution in [0.3, 0.4) is 0 Å². The van der Waals surface area contributed by atoms with Gasteiger partial charge >= 0.3 is 6.09 Å². The van der Waals surface area contributed by atoms with Gasteiger partial charge in [0.25, 0.3) is 5.91 Å². The monoisotopic (exact) mass is 722 g/mol. The van der Waals surface area contributed by atoms with Crippen molar-refractivity contribution in [3.8, 4) is 11.4 Å². The Hall–Kier alpha value is -5.61. The smallest absolute Gasteiger partial charge is 0.408 e. The van der Waals surface area contributed by atoms with Crippen LogP contribution in [0.2, 0.25) is 0 Å². The van der Waals surface area contributed by atoms with E-state index in [1.165, 1.54) is 11.8 Å². The molecule has 14 nitrogen and oxygen atoms in total. The first-order valence-corrected chi connectivity index (χ1v) is 17.5. The van der Waals surface area contributed by atoms with Crippen molar-refractivity contribution in [1.82, 2.24) is 25.5 Å². The Bertz CT molecular complexity index is 2030. The maximum atomic E-state index is 13.4. The first kappa shape index (κ1) is 34.8. The highest BCUT2D eigenvalue weighted by atomic mass is 32.2. The zero-order valence-electron chi connectivity index (χ0n) is 27.6. The van der Waals surface area contributed by atoms with Crippen LogP contribution in [0, 0.1) is 0 Å². The summed E-state index contributed by atoms with van der Waals surface area (Å²) in [6.07, 6.45) is -2.11. The molecule has 4 unspecified atom stereocenters. The summed E-state index contributed by atoms with van der Waals surface area (Å²) in [4.78, 5) is 40.1. The summed E-state index contributed by atoms with van der Waals surface area (Å²) in [5.74, 6) is -0.459. The van der Waals surface area contributed by atoms with E-state index < -0.39 is 30.2 Å². The van der Waals surface area contributed by atoms with Crippen molar-refractivity contribution < 1.29 is 38.8 Å². The molecule has 1 aromatic heterocycles. The highest BCUT2D eigenvalue weighted by molar-refractivity contribution is 7.99. The fraction of sp³-hybridized carbons (Fsp3) is 0.243. The molecule has 52 heavy (non-hydrogen) atoms. The number of amides is 3. The number of tetrazole rings is 1. The van der Waals surface area contributed by atoms with Crippen LogP contribution in [0.25, 0.3) is 5.69 Å². The van der Waals surface area contributed by atoms with Crippen LogP contribution in [-0.2, 0) is 37.0 Å². The Labute approximate surface area is 302 Å². The number of hydrogen-bond acceptors (Lipinski definition) is 12. The molecule has 15 heteroatoms. The van der Waals surface area contributed by atoms with Crippen molar-refractivity contribution in [1.29, 1.82) is 0 Å². The van der Waals surface area contributed by atoms with E-state index in [9.17, 15) is 24.6 Å². The molecule has 2 fully saturated rings. The summed E-state index contributed by atoms with van der Waals surface area (Å²) in [6.45, 7) is -0.0608. The van der Waals surface area contributed by atoms with Crippen molar-refractivity contribution in [2.24, 2.45) is 0 Å². The molecular weight excluding hydrogens is 689 g/mol. The minimum absolute atomic E-state index is 0.0240. The molecule has 2 aliphatic rings. The number of phenolic OH excluding ortho intramolecular Hbond substituents is 1. The third-order valence-electron chi connectivity index (χ3n) is 8.60. The van der Waals surface area contributed by atoms with Crippen LogP contribution in [-0.4, -0.2) is 66.2 Å². The lowest BCUT2D eigenvalue weighted by molar-refractivity contribution is -0.245. The molecule has 0 bridgehead atoms. The molecule has 0 aliphatic carbocycles. The van der Waals surface area contributed by atoms with Crippen molar-refractivity contribution in [3.05, 3.63) is 125 Å². The van der Waals surface area contributed by atoms with Gasteiger partial charge in [0.05, 0.1) is 36.6 Å². The lowest BCUT2D eigenvalue weighted by Gasteiger charge is -2.36. The number of nitrogens with zero attached hydrogens (tertiary/aromatic N) is 5. The van der Waals surface area contributed by atoms with E-state index in [4.69, 9.17) is 14.2 Å². The first-order valence-electron chi connectivity index (χ1n) is 16.5. The number of anilines is 1. The van der Waals surface area contributed by atoms with Gasteiger partial charge < -0.3 is 29.7 Å². The molecule has 3 amide bonds. The number of aromatic hydroxyl groups is 1. The van der Waals surface area contributed by atoms with Gasteiger partial charge in [0.1, 0.15) is 18.4 Å². The average Bonchev–Trinajstić information content (AvgIpc) is 3.76. The molecule has 0 spiro atoms. The molecule has 3 N–H and O–H groups in total. The zero-order chi connectivity index (χ0) is 36.0. The van der Waals surface area contributed by atoms with Gasteiger partial charge in [0.2, 0.25) is 11.1 Å². The Morgan fingerprint density at radius 3 is 2.46 bits per heavy atom. The summed E-state index contributed by atoms with van der Waals surface area (Å²) in [7, 11) is 0. The molecule has 5 aromatic rings. The fourth-order valence-corrected chi connectivity index (χ4v) is 6.86. The molecule has 0 radical (unpaired) electrons. The van der Waals surface area contributed by atoms with Crippen molar-refractivity contribution in [2.45, 2.75) is 55.8 Å². The number of imide groups is 1. The lowest BCUT2D eigenvalue weighted by atomic mass is 10.0. The van der Waals surface area contributed by atoms with Gasteiger partial charge in [0, 0.05) is 17.7 Å². The van der Waals surface area contributed by atoms with E-state index in [1.54, 1.807) is 53.2 Å². The molecule has 266 valence electrons. The second-order valence-electron chi connectivity index (χ2n) is 12.2. The molecule has 4 atom stereocenters. The number of benzene rings is 4. The third-order valence-corrected chi connectivity index (χ3v) is 9.65. The molecule has 2 saturated heterocycles. The molecule has 4 aromatic carbocycles. The molecule has 3 heterocycles. The maximum absolute atomic E-state index is 13.4. The highest BCUT2D eigenvalue weighted by Gasteiger charge is 2.41. The number of aliphatic hydroxyl groups excluding tert-OH is 1. The van der Waals surface area contributed by atoms with Gasteiger partial charge in [-0.2, -0.15) is 4.68 Å². The van der Waals surface area contributed by atoms with Crippen LogP contribution >= 0.6 is 11.8 Å². The number of hydrogen-bond donors (Lipinski definition) is 3. The Morgan fingerprint density at radius 1 is 0.904 bits per heavy atom. The van der Waals surface area contributed by atoms with Gasteiger partial charge in [-0.1, -0.05) is 78.5 Å². The number of carbonyl (C=O) groups is 3. The normalized spacial score (nSPS) is 20.2. The van der Waals surface area contributed by atoms with Crippen molar-refractivity contribution in [3.63, 3.8) is 0 Å². The van der Waals surface area contributed by atoms with Crippen molar-refractivity contribution in [2.75, 3.05) is 10.7 Å². The lowest BCUT2D eigenvalue weighted by Crippen LogP contribution is -2.42. The number of ether oxygens (including phenoxy) is 3. The minimum atomic E-state index is -1.08. The molecule has 2 aliphatic heterocycles. The number of carbonyl (C=O) groups excluding carboxylic acids is 3. The van der Waals surface area contributed by atoms with Crippen LogP contribution in [0.15, 0.2) is 108 Å². The Balaban J connectivity index is 1.07. The molecular formula is C37H34N6O8S. The van der Waals surface area contributed by atoms with Crippen LogP contribution in [0.1, 0.15) is 47.5 Å². The van der Waals surface area contributed by atoms with E-state index >= 15 is 0 Å². The SMILES string of the molecule is O=C(NC1CC(=O)N(c2cccc(C3OC(CSc4nnnn4-c4ccc(O)cc4)CC(c4ccc(CO)cc4)O3)c2)C1=O)OCc1ccccc1. The summed E-state index contributed by atoms with van der Waals surface area (Å²) >= 11 is 1.40. The predicted octanol–water partition coefficient (Wildman–Crippen LogP) is 4.76. The number of nitrogens with one attached hydrogen (secondary N) is 1. The number of thioether (sulfide) groups is 1. The Kier molecular flexibility index (Phi) is 10.5. The van der Waals surface area contributed by atoms with Crippen LogP contribution in [0.5, 0.6) is 5.75 Å². The number of alkyl carbamates (subject to hydrolysis) is 1. The van der Waals surface area contributed by atoms with E-state index in [0.717, 1.165) is 21.6 Å². The predicted molar refractivity (Wildman–Crippen MR) is 187 cm³/mol. The highest BCUT2D eigenvalue weighted by Crippen LogP contribution is 2.40. The first-order chi connectivity index (χ1) is 25.3. The summed E-state index contributed by atoms with van der Waals surface area (Å²) in [5, 5.41) is 34.4. The number of aliphatic hydroxyl groups is 1. The summed E-state index contributed by atoms with van der Waals surface area (Å²) in [5.41, 5.74) is 4.03. The van der Waals surface area contributed by atoms with E-state index in [2.05, 4.69) is 20.8 Å². The minimum Gasteiger partial charge on any atom is -0.508 e.